The molecule has 0 aromatic heterocycles. The Morgan fingerprint density at radius 3 is 2.47 bits per heavy atom. The molecule has 0 fully saturated rings. The molecule has 0 aliphatic heterocycles. The molecule has 0 unspecified atom stereocenters. The maximum Gasteiger partial charge on any atom is 0.0432 e. The van der Waals surface area contributed by atoms with Crippen molar-refractivity contribution < 1.29 is 0 Å². The molecule has 15 heavy (non-hydrogen) atoms. The minimum absolute atomic E-state index is 0.673. The van der Waals surface area contributed by atoms with Gasteiger partial charge in [0.2, 0.25) is 0 Å². The van der Waals surface area contributed by atoms with Gasteiger partial charge in [0.1, 0.15) is 0 Å². The average Bonchev–Trinajstić information content (AvgIpc) is 2.16. The van der Waals surface area contributed by atoms with Crippen molar-refractivity contribution in [3.63, 3.8) is 0 Å². The van der Waals surface area contributed by atoms with Gasteiger partial charge in [-0.05, 0) is 36.2 Å². The van der Waals surface area contributed by atoms with E-state index < -0.39 is 0 Å². The summed E-state index contributed by atoms with van der Waals surface area (Å²) in [5, 5.41) is 0.673. The lowest BCUT2D eigenvalue weighted by atomic mass is 10.0. The van der Waals surface area contributed by atoms with Gasteiger partial charge in [0.05, 0.1) is 0 Å². The van der Waals surface area contributed by atoms with Crippen LogP contribution in [-0.2, 0) is 0 Å². The normalized spacial score (nSPS) is 10.3. The van der Waals surface area contributed by atoms with Crippen molar-refractivity contribution in [3.05, 3.63) is 53.1 Å². The smallest absolute Gasteiger partial charge is 0.0432 e. The summed E-state index contributed by atoms with van der Waals surface area (Å²) in [4.78, 5) is 0. The summed E-state index contributed by atoms with van der Waals surface area (Å²) >= 11 is 5.96. The van der Waals surface area contributed by atoms with Crippen molar-refractivity contribution in [3.8, 4) is 11.1 Å². The molecule has 0 spiro atoms. The zero-order valence-electron chi connectivity index (χ0n) is 8.50. The minimum atomic E-state index is 0.673. The summed E-state index contributed by atoms with van der Waals surface area (Å²) in [6.45, 7) is 2.07. The monoisotopic (exact) mass is 217 g/mol. The van der Waals surface area contributed by atoms with Crippen LogP contribution in [-0.4, -0.2) is 0 Å². The van der Waals surface area contributed by atoms with E-state index >= 15 is 0 Å². The third kappa shape index (κ3) is 2.31. The first kappa shape index (κ1) is 10.1. The topological polar surface area (TPSA) is 26.0 Å². The van der Waals surface area contributed by atoms with Crippen LogP contribution in [0, 0.1) is 6.92 Å². The van der Waals surface area contributed by atoms with Crippen LogP contribution >= 0.6 is 11.6 Å². The Balaban J connectivity index is 2.54. The molecule has 2 aromatic rings. The predicted octanol–water partition coefficient (Wildman–Crippen LogP) is 3.90. The van der Waals surface area contributed by atoms with Gasteiger partial charge in [-0.15, -0.1) is 0 Å². The highest BCUT2D eigenvalue weighted by Gasteiger charge is 2.00. The van der Waals surface area contributed by atoms with Gasteiger partial charge in [0.25, 0.3) is 0 Å². The third-order valence-corrected chi connectivity index (χ3v) is 2.49. The van der Waals surface area contributed by atoms with Crippen LogP contribution in [0.1, 0.15) is 5.56 Å². The lowest BCUT2D eigenvalue weighted by Gasteiger charge is -2.05. The first-order valence-corrected chi connectivity index (χ1v) is 5.16. The van der Waals surface area contributed by atoms with Crippen LogP contribution in [0.4, 0.5) is 5.69 Å². The first-order chi connectivity index (χ1) is 7.15. The van der Waals surface area contributed by atoms with E-state index in [1.54, 1.807) is 6.07 Å². The van der Waals surface area contributed by atoms with Crippen LogP contribution in [0.25, 0.3) is 11.1 Å². The van der Waals surface area contributed by atoms with E-state index in [9.17, 15) is 0 Å². The SMILES string of the molecule is Cc1cccc(-c2cc(N)cc(Cl)c2)c1. The van der Waals surface area contributed by atoms with Crippen molar-refractivity contribution in [2.75, 3.05) is 5.73 Å². The summed E-state index contributed by atoms with van der Waals surface area (Å²) in [6, 6.07) is 13.9. The average molecular weight is 218 g/mol. The highest BCUT2D eigenvalue weighted by Crippen LogP contribution is 2.26. The molecule has 0 radical (unpaired) electrons. The summed E-state index contributed by atoms with van der Waals surface area (Å²) < 4.78 is 0. The number of nitrogen functional groups attached to an aromatic ring is 1. The van der Waals surface area contributed by atoms with E-state index in [0.717, 1.165) is 11.1 Å². The fourth-order valence-corrected chi connectivity index (χ4v) is 1.85. The van der Waals surface area contributed by atoms with Gasteiger partial charge >= 0.3 is 0 Å². The molecular formula is C13H12ClN. The van der Waals surface area contributed by atoms with Crippen LogP contribution in [0.15, 0.2) is 42.5 Å². The lowest BCUT2D eigenvalue weighted by molar-refractivity contribution is 1.47. The fraction of sp³-hybridized carbons (Fsp3) is 0.0769. The summed E-state index contributed by atoms with van der Waals surface area (Å²) in [7, 11) is 0. The molecule has 0 aliphatic rings. The van der Waals surface area contributed by atoms with Gasteiger partial charge in [0.15, 0.2) is 0 Å². The molecule has 2 rings (SSSR count). The molecule has 2 heteroatoms. The predicted molar refractivity (Wildman–Crippen MR) is 66.0 cm³/mol. The number of hydrogen-bond acceptors (Lipinski definition) is 1. The van der Waals surface area contributed by atoms with Crippen molar-refractivity contribution in [1.29, 1.82) is 0 Å². The number of nitrogens with two attached hydrogens (primary N) is 1. The summed E-state index contributed by atoms with van der Waals surface area (Å²) in [5.74, 6) is 0. The molecule has 1 nitrogen and oxygen atoms in total. The van der Waals surface area contributed by atoms with Gasteiger partial charge < -0.3 is 5.73 Å². The second kappa shape index (κ2) is 3.95. The van der Waals surface area contributed by atoms with E-state index in [2.05, 4.69) is 25.1 Å². The van der Waals surface area contributed by atoms with Crippen LogP contribution in [0.2, 0.25) is 5.02 Å². The van der Waals surface area contributed by atoms with Crippen LogP contribution < -0.4 is 5.73 Å². The number of hydrogen-bond donors (Lipinski definition) is 1. The maximum atomic E-state index is 5.96. The van der Waals surface area contributed by atoms with Crippen LogP contribution in [0.3, 0.4) is 0 Å². The van der Waals surface area contributed by atoms with E-state index in [-0.39, 0.29) is 0 Å². The van der Waals surface area contributed by atoms with Gasteiger partial charge in [0, 0.05) is 10.7 Å². The number of anilines is 1. The fourth-order valence-electron chi connectivity index (χ4n) is 1.60. The minimum Gasteiger partial charge on any atom is -0.399 e. The molecule has 2 N–H and O–H groups in total. The van der Waals surface area contributed by atoms with E-state index in [1.165, 1.54) is 5.56 Å². The molecule has 0 saturated carbocycles. The second-order valence-corrected chi connectivity index (χ2v) is 4.08. The molecule has 0 bridgehead atoms. The molecule has 0 saturated heterocycles. The molecule has 76 valence electrons. The Labute approximate surface area is 94.5 Å². The molecular weight excluding hydrogens is 206 g/mol. The first-order valence-electron chi connectivity index (χ1n) is 4.78. The highest BCUT2D eigenvalue weighted by atomic mass is 35.5. The third-order valence-electron chi connectivity index (χ3n) is 2.27. The Hall–Kier alpha value is -1.47. The molecule has 2 aromatic carbocycles. The quantitative estimate of drug-likeness (QED) is 0.721. The summed E-state index contributed by atoms with van der Waals surface area (Å²) in [6.07, 6.45) is 0. The molecule has 0 heterocycles. The number of rotatable bonds is 1. The van der Waals surface area contributed by atoms with E-state index in [1.807, 2.05) is 18.2 Å². The molecule has 0 aliphatic carbocycles. The van der Waals surface area contributed by atoms with Crippen molar-refractivity contribution >= 4 is 17.3 Å². The Bertz CT molecular complexity index is 471. The lowest BCUT2D eigenvalue weighted by Crippen LogP contribution is -1.86. The van der Waals surface area contributed by atoms with Crippen LogP contribution in [0.5, 0.6) is 0 Å². The Morgan fingerprint density at radius 2 is 1.80 bits per heavy atom. The molecule has 0 amide bonds. The zero-order chi connectivity index (χ0) is 10.8. The van der Waals surface area contributed by atoms with Crippen molar-refractivity contribution in [2.45, 2.75) is 6.92 Å². The number of halogens is 1. The van der Waals surface area contributed by atoms with Gasteiger partial charge in [-0.1, -0.05) is 41.4 Å². The zero-order valence-corrected chi connectivity index (χ0v) is 9.25. The van der Waals surface area contributed by atoms with Gasteiger partial charge in [-0.3, -0.25) is 0 Å². The maximum absolute atomic E-state index is 5.96. The summed E-state index contributed by atoms with van der Waals surface area (Å²) in [5.41, 5.74) is 9.87. The Morgan fingerprint density at radius 1 is 1.00 bits per heavy atom. The number of aryl methyl sites for hydroxylation is 1. The second-order valence-electron chi connectivity index (χ2n) is 3.64. The number of benzene rings is 2. The van der Waals surface area contributed by atoms with Crippen molar-refractivity contribution in [1.82, 2.24) is 0 Å². The van der Waals surface area contributed by atoms with Crippen molar-refractivity contribution in [2.24, 2.45) is 0 Å². The highest BCUT2D eigenvalue weighted by molar-refractivity contribution is 6.31. The van der Waals surface area contributed by atoms with Gasteiger partial charge in [-0.25, -0.2) is 0 Å². The largest absolute Gasteiger partial charge is 0.399 e. The molecule has 0 atom stereocenters. The standard InChI is InChI=1S/C13H12ClN/c1-9-3-2-4-10(5-9)11-6-12(14)8-13(15)7-11/h2-8H,15H2,1H3. The van der Waals surface area contributed by atoms with Gasteiger partial charge in [-0.2, -0.15) is 0 Å². The van der Waals surface area contributed by atoms with E-state index in [4.69, 9.17) is 17.3 Å². The van der Waals surface area contributed by atoms with E-state index in [0.29, 0.717) is 10.7 Å². The Kier molecular flexibility index (Phi) is 2.65.